The summed E-state index contributed by atoms with van der Waals surface area (Å²) in [6, 6.07) is 3.62. The van der Waals surface area contributed by atoms with Crippen molar-refractivity contribution in [2.45, 2.75) is 19.1 Å². The van der Waals surface area contributed by atoms with Crippen LogP contribution in [0.15, 0.2) is 28.9 Å². The second-order valence-corrected chi connectivity index (χ2v) is 5.66. The van der Waals surface area contributed by atoms with E-state index in [1.165, 1.54) is 11.2 Å². The van der Waals surface area contributed by atoms with E-state index < -0.39 is 23.8 Å². The molecule has 1 amide bonds. The molecule has 1 fully saturated rings. The molecule has 0 aliphatic carbocycles. The summed E-state index contributed by atoms with van der Waals surface area (Å²) in [6.07, 6.45) is 0.321. The minimum Gasteiger partial charge on any atom is -0.478 e. The van der Waals surface area contributed by atoms with Crippen LogP contribution in [0.3, 0.4) is 0 Å². The number of rotatable bonds is 1. The van der Waals surface area contributed by atoms with Gasteiger partial charge in [0, 0.05) is 0 Å². The summed E-state index contributed by atoms with van der Waals surface area (Å²) in [4.78, 5) is 13.9. The molecule has 2 atom stereocenters. The lowest BCUT2D eigenvalue weighted by Crippen LogP contribution is -2.39. The number of halogens is 2. The van der Waals surface area contributed by atoms with Gasteiger partial charge in [-0.25, -0.2) is 8.78 Å². The number of hydrogen-bond donors (Lipinski definition) is 0. The number of ether oxygens (including phenoxy) is 2. The zero-order valence-electron chi connectivity index (χ0n) is 12.2. The number of benzene rings is 1. The van der Waals surface area contributed by atoms with Crippen LogP contribution in [0.1, 0.15) is 16.1 Å². The molecular weight excluding hydrogens is 308 g/mol. The van der Waals surface area contributed by atoms with Gasteiger partial charge in [-0.15, -0.1) is 0 Å². The molecule has 2 aromatic rings. The molecule has 1 aromatic carbocycles. The van der Waals surface area contributed by atoms with E-state index in [0.717, 1.165) is 12.1 Å². The van der Waals surface area contributed by atoms with Crippen LogP contribution in [0.25, 0.3) is 0 Å². The number of fused-ring (bicyclic) bond motifs is 2. The van der Waals surface area contributed by atoms with E-state index >= 15 is 0 Å². The van der Waals surface area contributed by atoms with Gasteiger partial charge in [0.15, 0.2) is 23.8 Å². The maximum Gasteiger partial charge on any atom is 0.257 e. The lowest BCUT2D eigenvalue weighted by atomic mass is 10.2. The smallest absolute Gasteiger partial charge is 0.257 e. The molecule has 2 aliphatic heterocycles. The minimum atomic E-state index is -0.685. The highest BCUT2D eigenvalue weighted by molar-refractivity contribution is 5.94. The molecule has 2 aliphatic rings. The Morgan fingerprint density at radius 1 is 1.13 bits per heavy atom. The summed E-state index contributed by atoms with van der Waals surface area (Å²) in [7, 11) is 0. The number of nitrogens with zero attached hydrogens (tertiary/aromatic N) is 1. The second-order valence-electron chi connectivity index (χ2n) is 5.66. The van der Waals surface area contributed by atoms with Gasteiger partial charge in [0.2, 0.25) is 11.5 Å². The zero-order chi connectivity index (χ0) is 16.1. The molecule has 0 bridgehead atoms. The summed E-state index contributed by atoms with van der Waals surface area (Å²) in [5.74, 6) is -1.44. The number of hydrogen-bond acceptors (Lipinski definition) is 4. The first-order valence-corrected chi connectivity index (χ1v) is 7.18. The van der Waals surface area contributed by atoms with Crippen LogP contribution in [0.5, 0.6) is 11.5 Å². The average molecular weight is 321 g/mol. The van der Waals surface area contributed by atoms with Crippen LogP contribution in [0, 0.1) is 18.6 Å². The topological polar surface area (TPSA) is 51.9 Å². The Labute approximate surface area is 130 Å². The summed E-state index contributed by atoms with van der Waals surface area (Å²) in [5, 5.41) is 0. The maximum absolute atomic E-state index is 13.8. The molecule has 3 heterocycles. The first kappa shape index (κ1) is 14.0. The van der Waals surface area contributed by atoms with Crippen LogP contribution < -0.4 is 9.47 Å². The van der Waals surface area contributed by atoms with E-state index in [1.54, 1.807) is 13.0 Å². The lowest BCUT2D eigenvalue weighted by molar-refractivity contribution is 0.0467. The summed E-state index contributed by atoms with van der Waals surface area (Å²) in [5.41, 5.74) is 0.427. The van der Waals surface area contributed by atoms with Gasteiger partial charge in [0.05, 0.1) is 18.7 Å². The fourth-order valence-electron chi connectivity index (χ4n) is 2.91. The quantitative estimate of drug-likeness (QED) is 0.810. The van der Waals surface area contributed by atoms with Crippen molar-refractivity contribution in [3.05, 3.63) is 47.4 Å². The van der Waals surface area contributed by atoms with Gasteiger partial charge < -0.3 is 18.8 Å². The molecule has 1 saturated heterocycles. The van der Waals surface area contributed by atoms with Crippen molar-refractivity contribution in [3.8, 4) is 11.5 Å². The standard InChI is InChI=1S/C16H13F2NO4/c1-8-4-9(7-21-8)16(20)19-5-12-13(6-19)23-15-11(18)3-2-10(17)14(15)22-12/h2-4,7,12-13H,5-6H2,1H3/t12-,13+. The molecule has 7 heteroatoms. The largest absolute Gasteiger partial charge is 0.478 e. The van der Waals surface area contributed by atoms with Gasteiger partial charge >= 0.3 is 0 Å². The second kappa shape index (κ2) is 4.97. The molecule has 120 valence electrons. The molecule has 0 N–H and O–H groups in total. The van der Waals surface area contributed by atoms with Gasteiger partial charge in [-0.3, -0.25) is 4.79 Å². The van der Waals surface area contributed by atoms with Gasteiger partial charge in [-0.2, -0.15) is 0 Å². The Kier molecular flexibility index (Phi) is 3.04. The highest BCUT2D eigenvalue weighted by Gasteiger charge is 2.43. The monoisotopic (exact) mass is 321 g/mol. The van der Waals surface area contributed by atoms with Crippen LogP contribution in [-0.4, -0.2) is 36.1 Å². The molecule has 5 nitrogen and oxygen atoms in total. The molecular formula is C16H13F2NO4. The van der Waals surface area contributed by atoms with Gasteiger partial charge in [0.25, 0.3) is 5.91 Å². The van der Waals surface area contributed by atoms with Crippen molar-refractivity contribution in [1.82, 2.24) is 4.90 Å². The predicted molar refractivity (Wildman–Crippen MR) is 74.5 cm³/mol. The third kappa shape index (κ3) is 2.23. The number of carbonyl (C=O) groups is 1. The summed E-state index contributed by atoms with van der Waals surface area (Å²) < 4.78 is 43.7. The minimum absolute atomic E-state index is 0.228. The average Bonchev–Trinajstić information content (AvgIpc) is 3.14. The number of amides is 1. The number of aryl methyl sites for hydroxylation is 1. The molecule has 0 radical (unpaired) electrons. The predicted octanol–water partition coefficient (Wildman–Crippen LogP) is 2.53. The van der Waals surface area contributed by atoms with Crippen molar-refractivity contribution in [1.29, 1.82) is 0 Å². The van der Waals surface area contributed by atoms with Crippen LogP contribution >= 0.6 is 0 Å². The Hall–Kier alpha value is -2.57. The van der Waals surface area contributed by atoms with Crippen molar-refractivity contribution >= 4 is 5.91 Å². The Balaban J connectivity index is 1.57. The van der Waals surface area contributed by atoms with E-state index in [-0.39, 0.29) is 30.5 Å². The molecule has 1 aromatic heterocycles. The van der Waals surface area contributed by atoms with Crippen LogP contribution in [-0.2, 0) is 0 Å². The van der Waals surface area contributed by atoms with Gasteiger partial charge in [-0.1, -0.05) is 0 Å². The van der Waals surface area contributed by atoms with E-state index in [4.69, 9.17) is 13.9 Å². The Morgan fingerprint density at radius 2 is 1.70 bits per heavy atom. The number of carbonyl (C=O) groups excluding carboxylic acids is 1. The van der Waals surface area contributed by atoms with E-state index in [9.17, 15) is 13.6 Å². The number of furan rings is 1. The highest BCUT2D eigenvalue weighted by Crippen LogP contribution is 2.40. The first-order valence-electron chi connectivity index (χ1n) is 7.18. The van der Waals surface area contributed by atoms with Crippen LogP contribution in [0.4, 0.5) is 8.78 Å². The fourth-order valence-corrected chi connectivity index (χ4v) is 2.91. The van der Waals surface area contributed by atoms with Crippen molar-refractivity contribution in [2.75, 3.05) is 13.1 Å². The van der Waals surface area contributed by atoms with Crippen molar-refractivity contribution < 1.29 is 27.5 Å². The van der Waals surface area contributed by atoms with Crippen molar-refractivity contribution in [2.24, 2.45) is 0 Å². The van der Waals surface area contributed by atoms with Gasteiger partial charge in [0.1, 0.15) is 12.0 Å². The molecule has 0 unspecified atom stereocenters. The van der Waals surface area contributed by atoms with Crippen LogP contribution in [0.2, 0.25) is 0 Å². The Bertz CT molecular complexity index is 749. The van der Waals surface area contributed by atoms with Gasteiger partial charge in [-0.05, 0) is 25.1 Å². The third-order valence-corrected chi connectivity index (χ3v) is 4.03. The van der Waals surface area contributed by atoms with Crippen molar-refractivity contribution in [3.63, 3.8) is 0 Å². The third-order valence-electron chi connectivity index (χ3n) is 4.03. The molecule has 23 heavy (non-hydrogen) atoms. The fraction of sp³-hybridized carbons (Fsp3) is 0.312. The van der Waals surface area contributed by atoms with E-state index in [2.05, 4.69) is 0 Å². The maximum atomic E-state index is 13.8. The zero-order valence-corrected chi connectivity index (χ0v) is 12.2. The Morgan fingerprint density at radius 3 is 2.17 bits per heavy atom. The molecule has 0 spiro atoms. The highest BCUT2D eigenvalue weighted by atomic mass is 19.1. The lowest BCUT2D eigenvalue weighted by Gasteiger charge is -2.28. The summed E-state index contributed by atoms with van der Waals surface area (Å²) in [6.45, 7) is 2.22. The van der Waals surface area contributed by atoms with E-state index in [0.29, 0.717) is 11.3 Å². The molecule has 0 saturated carbocycles. The van der Waals surface area contributed by atoms with E-state index in [1.807, 2.05) is 0 Å². The first-order chi connectivity index (χ1) is 11.0. The summed E-state index contributed by atoms with van der Waals surface area (Å²) >= 11 is 0. The molecule has 4 rings (SSSR count). The normalized spacial score (nSPS) is 22.1. The SMILES string of the molecule is Cc1cc(C(=O)N2C[C@@H]3Oc4c(F)ccc(F)c4O[C@@H]3C2)co1. The number of likely N-dealkylation sites (tertiary alicyclic amines) is 1.